The zero-order valence-electron chi connectivity index (χ0n) is 16.0. The molecule has 156 valence electrons. The number of anilines is 1. The number of piperidine rings is 1. The number of carbonyl (C=O) groups is 2. The van der Waals surface area contributed by atoms with Crippen LogP contribution in [0, 0.1) is 5.92 Å². The summed E-state index contributed by atoms with van der Waals surface area (Å²) in [6, 6.07) is 9.05. The molecule has 1 aromatic carbocycles. The van der Waals surface area contributed by atoms with Crippen LogP contribution in [0.25, 0.3) is 0 Å². The van der Waals surface area contributed by atoms with Crippen molar-refractivity contribution in [3.63, 3.8) is 0 Å². The van der Waals surface area contributed by atoms with E-state index in [1.807, 2.05) is 18.2 Å². The van der Waals surface area contributed by atoms with E-state index in [0.29, 0.717) is 31.1 Å². The molecule has 8 nitrogen and oxygen atoms in total. The molecule has 0 saturated carbocycles. The number of sulfonamides is 1. The van der Waals surface area contributed by atoms with Crippen molar-refractivity contribution in [1.29, 1.82) is 0 Å². The lowest BCUT2D eigenvalue weighted by Crippen LogP contribution is -2.41. The summed E-state index contributed by atoms with van der Waals surface area (Å²) in [5, 5.41) is 4.58. The second-order valence-corrected chi connectivity index (χ2v) is 9.49. The maximum absolute atomic E-state index is 12.6. The Morgan fingerprint density at radius 1 is 1.24 bits per heavy atom. The number of esters is 1. The molecular formula is C19H23N3O5S2. The second-order valence-electron chi connectivity index (χ2n) is 6.66. The van der Waals surface area contributed by atoms with E-state index >= 15 is 0 Å². The van der Waals surface area contributed by atoms with Crippen LogP contribution in [0.1, 0.15) is 35.8 Å². The third-order valence-corrected chi connectivity index (χ3v) is 7.24. The zero-order valence-corrected chi connectivity index (χ0v) is 17.7. The van der Waals surface area contributed by atoms with Crippen LogP contribution in [0.2, 0.25) is 0 Å². The first-order valence-corrected chi connectivity index (χ1v) is 11.8. The zero-order chi connectivity index (χ0) is 20.9. The van der Waals surface area contributed by atoms with Gasteiger partial charge in [0.1, 0.15) is 0 Å². The molecule has 0 radical (unpaired) electrons. The van der Waals surface area contributed by atoms with Gasteiger partial charge in [0.05, 0.1) is 12.4 Å². The van der Waals surface area contributed by atoms with Crippen LogP contribution in [0.5, 0.6) is 0 Å². The molecule has 3 rings (SSSR count). The molecule has 1 aliphatic heterocycles. The second kappa shape index (κ2) is 9.47. The minimum Gasteiger partial charge on any atom is -0.461 e. The first kappa shape index (κ1) is 21.4. The van der Waals surface area contributed by atoms with Gasteiger partial charge in [-0.3, -0.25) is 4.79 Å². The van der Waals surface area contributed by atoms with Gasteiger partial charge >= 0.3 is 5.97 Å². The maximum Gasteiger partial charge on any atom is 0.357 e. The molecule has 2 aromatic rings. The number of rotatable bonds is 7. The first-order valence-electron chi connectivity index (χ1n) is 9.34. The van der Waals surface area contributed by atoms with E-state index in [-0.39, 0.29) is 29.9 Å². The average Bonchev–Trinajstić information content (AvgIpc) is 3.17. The van der Waals surface area contributed by atoms with Gasteiger partial charge in [-0.25, -0.2) is 22.5 Å². The molecule has 0 aliphatic carbocycles. The molecule has 1 aromatic heterocycles. The molecular weight excluding hydrogens is 414 g/mol. The van der Waals surface area contributed by atoms with Gasteiger partial charge in [0.25, 0.3) is 0 Å². The summed E-state index contributed by atoms with van der Waals surface area (Å²) in [4.78, 5) is 28.2. The van der Waals surface area contributed by atoms with Gasteiger partial charge in [0.2, 0.25) is 15.9 Å². The normalized spacial score (nSPS) is 15.8. The minimum atomic E-state index is -3.42. The maximum atomic E-state index is 12.6. The van der Waals surface area contributed by atoms with Gasteiger partial charge in [-0.2, -0.15) is 0 Å². The van der Waals surface area contributed by atoms with Crippen LogP contribution in [-0.2, 0) is 25.3 Å². The van der Waals surface area contributed by atoms with E-state index in [4.69, 9.17) is 4.74 Å². The number of benzene rings is 1. The van der Waals surface area contributed by atoms with Gasteiger partial charge in [-0.05, 0) is 25.3 Å². The number of carbonyl (C=O) groups excluding carboxylic acids is 2. The van der Waals surface area contributed by atoms with Crippen molar-refractivity contribution in [2.75, 3.05) is 25.0 Å². The summed E-state index contributed by atoms with van der Waals surface area (Å²) >= 11 is 1.15. The third-order valence-electron chi connectivity index (χ3n) is 4.63. The summed E-state index contributed by atoms with van der Waals surface area (Å²) in [6.45, 7) is 2.57. The minimum absolute atomic E-state index is 0.0412. The highest BCUT2D eigenvalue weighted by Gasteiger charge is 2.31. The quantitative estimate of drug-likeness (QED) is 0.667. The van der Waals surface area contributed by atoms with E-state index in [2.05, 4.69) is 10.3 Å². The first-order chi connectivity index (χ1) is 13.9. The highest BCUT2D eigenvalue weighted by atomic mass is 32.2. The average molecular weight is 438 g/mol. The molecule has 1 aliphatic rings. The van der Waals surface area contributed by atoms with Crippen LogP contribution in [0.15, 0.2) is 35.7 Å². The van der Waals surface area contributed by atoms with Crippen molar-refractivity contribution in [3.8, 4) is 0 Å². The predicted octanol–water partition coefficient (Wildman–Crippen LogP) is 2.50. The molecule has 1 amide bonds. The van der Waals surface area contributed by atoms with Crippen LogP contribution in [0.3, 0.4) is 0 Å². The topological polar surface area (TPSA) is 106 Å². The molecule has 2 heterocycles. The Morgan fingerprint density at radius 3 is 2.59 bits per heavy atom. The number of amides is 1. The monoisotopic (exact) mass is 437 g/mol. The largest absolute Gasteiger partial charge is 0.461 e. The van der Waals surface area contributed by atoms with Gasteiger partial charge < -0.3 is 10.1 Å². The lowest BCUT2D eigenvalue weighted by atomic mass is 9.97. The van der Waals surface area contributed by atoms with Crippen molar-refractivity contribution < 1.29 is 22.7 Å². The van der Waals surface area contributed by atoms with Gasteiger partial charge in [-0.1, -0.05) is 30.3 Å². The van der Waals surface area contributed by atoms with Crippen molar-refractivity contribution in [2.45, 2.75) is 25.5 Å². The molecule has 10 heteroatoms. The Labute approximate surface area is 173 Å². The molecule has 0 unspecified atom stereocenters. The molecule has 0 bridgehead atoms. The summed E-state index contributed by atoms with van der Waals surface area (Å²) in [5.74, 6) is -1.08. The van der Waals surface area contributed by atoms with Gasteiger partial charge in [-0.15, -0.1) is 11.3 Å². The molecule has 1 N–H and O–H groups in total. The van der Waals surface area contributed by atoms with Gasteiger partial charge in [0.15, 0.2) is 10.8 Å². The number of ether oxygens (including phenoxy) is 1. The third kappa shape index (κ3) is 5.62. The van der Waals surface area contributed by atoms with Crippen LogP contribution < -0.4 is 5.32 Å². The van der Waals surface area contributed by atoms with Crippen LogP contribution in [0.4, 0.5) is 5.13 Å². The Balaban J connectivity index is 1.52. The van der Waals surface area contributed by atoms with Crippen LogP contribution in [-0.4, -0.2) is 49.3 Å². The standard InChI is InChI=1S/C19H23N3O5S2/c1-2-27-18(24)16-12-28-19(20-16)21-17(23)15-8-10-22(11-9-15)29(25,26)13-14-6-4-3-5-7-14/h3-7,12,15H,2,8-11,13H2,1H3,(H,20,21,23). The fraction of sp³-hybridized carbons (Fsp3) is 0.421. The number of thiazole rings is 1. The van der Waals surface area contributed by atoms with Crippen molar-refractivity contribution in [2.24, 2.45) is 5.92 Å². The number of nitrogens with one attached hydrogen (secondary N) is 1. The van der Waals surface area contributed by atoms with E-state index in [1.54, 1.807) is 19.1 Å². The Bertz CT molecular complexity index is 951. The smallest absolute Gasteiger partial charge is 0.357 e. The summed E-state index contributed by atoms with van der Waals surface area (Å²) in [5.41, 5.74) is 0.905. The van der Waals surface area contributed by atoms with Crippen LogP contribution >= 0.6 is 11.3 Å². The number of hydrogen-bond acceptors (Lipinski definition) is 7. The Kier molecular flexibility index (Phi) is 6.99. The highest BCUT2D eigenvalue weighted by Crippen LogP contribution is 2.24. The molecule has 29 heavy (non-hydrogen) atoms. The fourth-order valence-electron chi connectivity index (χ4n) is 3.11. The summed E-state index contributed by atoms with van der Waals surface area (Å²) < 4.78 is 31.6. The van der Waals surface area contributed by atoms with Crippen molar-refractivity contribution in [1.82, 2.24) is 9.29 Å². The molecule has 1 fully saturated rings. The van der Waals surface area contributed by atoms with Gasteiger partial charge in [0, 0.05) is 24.4 Å². The predicted molar refractivity (Wildman–Crippen MR) is 110 cm³/mol. The highest BCUT2D eigenvalue weighted by molar-refractivity contribution is 7.88. The van der Waals surface area contributed by atoms with Crippen molar-refractivity contribution >= 4 is 38.4 Å². The van der Waals surface area contributed by atoms with Crippen molar-refractivity contribution in [3.05, 3.63) is 47.0 Å². The SMILES string of the molecule is CCOC(=O)c1csc(NC(=O)C2CCN(S(=O)(=O)Cc3ccccc3)CC2)n1. The lowest BCUT2D eigenvalue weighted by Gasteiger charge is -2.30. The van der Waals surface area contributed by atoms with E-state index in [0.717, 1.165) is 16.9 Å². The van der Waals surface area contributed by atoms with E-state index in [1.165, 1.54) is 9.69 Å². The van der Waals surface area contributed by atoms with E-state index in [9.17, 15) is 18.0 Å². The molecule has 0 spiro atoms. The Hall–Kier alpha value is -2.30. The van der Waals surface area contributed by atoms with E-state index < -0.39 is 16.0 Å². The molecule has 1 saturated heterocycles. The molecule has 0 atom stereocenters. The fourth-order valence-corrected chi connectivity index (χ4v) is 5.36. The lowest BCUT2D eigenvalue weighted by molar-refractivity contribution is -0.120. The summed E-state index contributed by atoms with van der Waals surface area (Å²) in [6.07, 6.45) is 0.881. The number of nitrogens with zero attached hydrogens (tertiary/aromatic N) is 2. The Morgan fingerprint density at radius 2 is 1.93 bits per heavy atom. The number of aromatic nitrogens is 1. The number of hydrogen-bond donors (Lipinski definition) is 1. The summed E-state index contributed by atoms with van der Waals surface area (Å²) in [7, 11) is -3.42.